The highest BCUT2D eigenvalue weighted by Crippen LogP contribution is 2.45. The van der Waals surface area contributed by atoms with E-state index in [0.29, 0.717) is 11.5 Å². The number of nitrogens with zero attached hydrogens (tertiary/aromatic N) is 2. The van der Waals surface area contributed by atoms with E-state index in [9.17, 15) is 0 Å². The van der Waals surface area contributed by atoms with Crippen LogP contribution in [-0.4, -0.2) is 44.2 Å². The van der Waals surface area contributed by atoms with E-state index >= 15 is 0 Å². The van der Waals surface area contributed by atoms with Crippen molar-refractivity contribution in [1.29, 1.82) is 0 Å². The van der Waals surface area contributed by atoms with Gasteiger partial charge in [-0.1, -0.05) is 6.07 Å². The molecule has 0 fully saturated rings. The minimum atomic E-state index is 0.662. The van der Waals surface area contributed by atoms with Gasteiger partial charge in [-0.05, 0) is 30.5 Å². The molecule has 6 nitrogen and oxygen atoms in total. The van der Waals surface area contributed by atoms with Crippen molar-refractivity contribution in [2.45, 2.75) is 4.90 Å². The molecule has 0 aliphatic carbocycles. The predicted octanol–water partition coefficient (Wildman–Crippen LogP) is 4.51. The number of aromatic nitrogens is 2. The second-order valence-electron chi connectivity index (χ2n) is 6.01. The van der Waals surface area contributed by atoms with Crippen LogP contribution in [0.25, 0.3) is 22.5 Å². The number of hydrogen-bond donors (Lipinski definition) is 0. The van der Waals surface area contributed by atoms with Gasteiger partial charge in [0.25, 0.3) is 0 Å². The Bertz CT molecular complexity index is 960. The molecular weight excluding hydrogens is 376 g/mol. The van der Waals surface area contributed by atoms with Crippen LogP contribution in [0, 0.1) is 0 Å². The van der Waals surface area contributed by atoms with Gasteiger partial charge in [-0.2, -0.15) is 0 Å². The van der Waals surface area contributed by atoms with Crippen LogP contribution >= 0.6 is 11.8 Å². The Hall–Kier alpha value is -2.80. The third-order valence-corrected chi connectivity index (χ3v) is 5.34. The number of para-hydroxylation sites is 1. The number of aryl methyl sites for hydroxylation is 1. The van der Waals surface area contributed by atoms with Crippen LogP contribution in [0.4, 0.5) is 0 Å². The van der Waals surface area contributed by atoms with Crippen molar-refractivity contribution in [1.82, 2.24) is 9.55 Å². The van der Waals surface area contributed by atoms with Crippen molar-refractivity contribution >= 4 is 11.8 Å². The molecule has 1 heterocycles. The van der Waals surface area contributed by atoms with Gasteiger partial charge in [0.2, 0.25) is 0 Å². The van der Waals surface area contributed by atoms with Gasteiger partial charge in [-0.15, -0.1) is 11.8 Å². The normalized spacial score (nSPS) is 10.6. The molecule has 0 N–H and O–H groups in total. The van der Waals surface area contributed by atoms with Crippen molar-refractivity contribution in [3.8, 4) is 45.5 Å². The lowest BCUT2D eigenvalue weighted by molar-refractivity contribution is 0.356. The molecule has 0 saturated carbocycles. The molecule has 28 heavy (non-hydrogen) atoms. The summed E-state index contributed by atoms with van der Waals surface area (Å²) in [5.41, 5.74) is 3.51. The molecule has 7 heteroatoms. The van der Waals surface area contributed by atoms with Crippen molar-refractivity contribution in [2.75, 3.05) is 34.7 Å². The Morgan fingerprint density at radius 3 is 2.07 bits per heavy atom. The topological polar surface area (TPSA) is 54.7 Å². The Morgan fingerprint density at radius 1 is 0.893 bits per heavy atom. The van der Waals surface area contributed by atoms with Crippen molar-refractivity contribution in [2.24, 2.45) is 7.05 Å². The Morgan fingerprint density at radius 2 is 1.54 bits per heavy atom. The highest BCUT2D eigenvalue weighted by Gasteiger charge is 2.22. The van der Waals surface area contributed by atoms with Crippen LogP contribution in [-0.2, 0) is 7.05 Å². The predicted molar refractivity (Wildman–Crippen MR) is 112 cm³/mol. The van der Waals surface area contributed by atoms with Gasteiger partial charge in [-0.3, -0.25) is 0 Å². The highest BCUT2D eigenvalue weighted by atomic mass is 32.2. The maximum absolute atomic E-state index is 5.64. The molecule has 0 spiro atoms. The number of benzene rings is 2. The first-order chi connectivity index (χ1) is 13.6. The first kappa shape index (κ1) is 19.9. The average Bonchev–Trinajstić information content (AvgIpc) is 3.12. The summed E-state index contributed by atoms with van der Waals surface area (Å²) in [5, 5.41) is 0. The van der Waals surface area contributed by atoms with Gasteiger partial charge in [0.05, 0.1) is 51.0 Å². The van der Waals surface area contributed by atoms with Gasteiger partial charge in [0, 0.05) is 18.2 Å². The van der Waals surface area contributed by atoms with Crippen molar-refractivity contribution in [3.05, 3.63) is 36.7 Å². The quantitative estimate of drug-likeness (QED) is 0.544. The molecule has 0 unspecified atom stereocenters. The molecule has 3 aromatic rings. The van der Waals surface area contributed by atoms with Crippen LogP contribution in [0.15, 0.2) is 41.6 Å². The molecule has 0 aliphatic rings. The molecule has 0 atom stereocenters. The molecule has 1 aromatic heterocycles. The zero-order chi connectivity index (χ0) is 20.3. The average molecular weight is 401 g/mol. The van der Waals surface area contributed by atoms with Crippen LogP contribution < -0.4 is 18.9 Å². The standard InChI is InChI=1S/C21H24N2O4S/c1-23-12-22-18(13-10-16(25-3)21(28-6)17(11-13)26-4)19(23)14-8-7-9-15(24-2)20(14)27-5/h7-12H,1-6H3. The van der Waals surface area contributed by atoms with Gasteiger partial charge in [0.15, 0.2) is 11.5 Å². The molecular formula is C21H24N2O4S. The molecule has 0 aliphatic heterocycles. The summed E-state index contributed by atoms with van der Waals surface area (Å²) in [7, 11) is 8.53. The zero-order valence-corrected chi connectivity index (χ0v) is 17.7. The number of imidazole rings is 1. The van der Waals surface area contributed by atoms with E-state index in [2.05, 4.69) is 4.98 Å². The summed E-state index contributed by atoms with van der Waals surface area (Å²) in [6, 6.07) is 9.76. The summed E-state index contributed by atoms with van der Waals surface area (Å²) in [6.07, 6.45) is 3.78. The van der Waals surface area contributed by atoms with Gasteiger partial charge < -0.3 is 23.5 Å². The fraction of sp³-hybridized carbons (Fsp3) is 0.286. The maximum Gasteiger partial charge on any atom is 0.170 e. The van der Waals surface area contributed by atoms with Crippen LogP contribution in [0.2, 0.25) is 0 Å². The van der Waals surface area contributed by atoms with Crippen molar-refractivity contribution in [3.63, 3.8) is 0 Å². The minimum Gasteiger partial charge on any atom is -0.495 e. The number of ether oxygens (including phenoxy) is 4. The summed E-state index contributed by atoms with van der Waals surface area (Å²) in [6.45, 7) is 0. The highest BCUT2D eigenvalue weighted by molar-refractivity contribution is 7.98. The van der Waals surface area contributed by atoms with E-state index in [1.54, 1.807) is 46.5 Å². The lowest BCUT2D eigenvalue weighted by Gasteiger charge is -2.16. The Kier molecular flexibility index (Phi) is 6.04. The van der Waals surface area contributed by atoms with E-state index in [1.165, 1.54) is 0 Å². The first-order valence-corrected chi connectivity index (χ1v) is 9.85. The largest absolute Gasteiger partial charge is 0.495 e. The molecule has 0 saturated heterocycles. The lowest BCUT2D eigenvalue weighted by atomic mass is 10.0. The minimum absolute atomic E-state index is 0.662. The van der Waals surface area contributed by atoms with E-state index in [0.717, 1.165) is 38.9 Å². The molecule has 0 bridgehead atoms. The van der Waals surface area contributed by atoms with Gasteiger partial charge in [-0.25, -0.2) is 4.98 Å². The third kappa shape index (κ3) is 3.38. The fourth-order valence-corrected chi connectivity index (χ4v) is 3.94. The first-order valence-electron chi connectivity index (χ1n) is 8.62. The number of methoxy groups -OCH3 is 4. The monoisotopic (exact) mass is 400 g/mol. The van der Waals surface area contributed by atoms with Crippen LogP contribution in [0.3, 0.4) is 0 Å². The molecule has 2 aromatic carbocycles. The molecule has 148 valence electrons. The SMILES string of the molecule is COc1cccc(-c2c(-c3cc(OC)c(SC)c(OC)c3)ncn2C)c1OC. The summed E-state index contributed by atoms with van der Waals surface area (Å²) in [5.74, 6) is 2.82. The van der Waals surface area contributed by atoms with E-state index in [-0.39, 0.29) is 0 Å². The third-order valence-electron chi connectivity index (χ3n) is 4.53. The second kappa shape index (κ2) is 8.48. The molecule has 3 rings (SSSR count). The summed E-state index contributed by atoms with van der Waals surface area (Å²) >= 11 is 1.58. The van der Waals surface area contributed by atoms with Crippen LogP contribution in [0.5, 0.6) is 23.0 Å². The maximum atomic E-state index is 5.64. The number of hydrogen-bond acceptors (Lipinski definition) is 6. The number of thioether (sulfide) groups is 1. The lowest BCUT2D eigenvalue weighted by Crippen LogP contribution is -1.98. The smallest absolute Gasteiger partial charge is 0.170 e. The number of rotatable bonds is 7. The molecule has 0 radical (unpaired) electrons. The van der Waals surface area contributed by atoms with Crippen LogP contribution in [0.1, 0.15) is 0 Å². The Balaban J connectivity index is 2.26. The van der Waals surface area contributed by atoms with Gasteiger partial charge >= 0.3 is 0 Å². The van der Waals surface area contributed by atoms with Gasteiger partial charge in [0.1, 0.15) is 11.5 Å². The second-order valence-corrected chi connectivity index (χ2v) is 6.82. The van der Waals surface area contributed by atoms with E-state index < -0.39 is 0 Å². The molecule has 0 amide bonds. The zero-order valence-electron chi connectivity index (χ0n) is 16.9. The van der Waals surface area contributed by atoms with E-state index in [4.69, 9.17) is 18.9 Å². The fourth-order valence-electron chi connectivity index (χ4n) is 3.25. The van der Waals surface area contributed by atoms with Crippen molar-refractivity contribution < 1.29 is 18.9 Å². The van der Waals surface area contributed by atoms with E-state index in [1.807, 2.05) is 48.2 Å². The Labute approximate surface area is 169 Å². The summed E-state index contributed by atoms with van der Waals surface area (Å²) in [4.78, 5) is 5.60. The summed E-state index contributed by atoms with van der Waals surface area (Å²) < 4.78 is 24.3.